The van der Waals surface area contributed by atoms with E-state index in [0.717, 1.165) is 5.52 Å². The lowest BCUT2D eigenvalue weighted by Gasteiger charge is -2.21. The number of nitrogens with two attached hydrogens (primary N) is 1. The van der Waals surface area contributed by atoms with Gasteiger partial charge in [0.05, 0.1) is 0 Å². The van der Waals surface area contributed by atoms with Crippen LogP contribution in [-0.2, 0) is 4.79 Å². The van der Waals surface area contributed by atoms with Crippen LogP contribution in [0.1, 0.15) is 26.2 Å². The van der Waals surface area contributed by atoms with Gasteiger partial charge in [-0.05, 0) is 24.1 Å². The fraction of sp³-hybridized carbons (Fsp3) is 0.429. The summed E-state index contributed by atoms with van der Waals surface area (Å²) in [5.74, 6) is 0.564. The lowest BCUT2D eigenvalue weighted by Crippen LogP contribution is -2.29. The summed E-state index contributed by atoms with van der Waals surface area (Å²) in [5, 5.41) is 2.85. The van der Waals surface area contributed by atoms with Crippen LogP contribution in [0.5, 0.6) is 0 Å². The van der Waals surface area contributed by atoms with E-state index in [0.29, 0.717) is 30.1 Å². The summed E-state index contributed by atoms with van der Waals surface area (Å²) < 4.78 is 5.43. The second kappa shape index (κ2) is 5.01. The zero-order valence-corrected chi connectivity index (χ0v) is 11.5. The summed E-state index contributed by atoms with van der Waals surface area (Å²) in [7, 11) is 0. The van der Waals surface area contributed by atoms with Crippen LogP contribution in [0.4, 0.5) is 5.69 Å². The van der Waals surface area contributed by atoms with Gasteiger partial charge in [0.15, 0.2) is 11.5 Å². The van der Waals surface area contributed by atoms with Gasteiger partial charge in [0.25, 0.3) is 0 Å². The number of fused-ring (bicyclic) bond motifs is 1. The Kier molecular flexibility index (Phi) is 3.57. The molecular weight excluding hydrogens is 242 g/mol. The molecule has 0 aliphatic heterocycles. The van der Waals surface area contributed by atoms with E-state index in [-0.39, 0.29) is 11.3 Å². The fourth-order valence-corrected chi connectivity index (χ4v) is 1.83. The number of aromatic nitrogens is 1. The summed E-state index contributed by atoms with van der Waals surface area (Å²) in [4.78, 5) is 16.1. The average Bonchev–Trinajstić information content (AvgIpc) is 2.67. The Morgan fingerprint density at radius 3 is 2.89 bits per heavy atom. The highest BCUT2D eigenvalue weighted by atomic mass is 16.3. The molecule has 5 nitrogen and oxygen atoms in total. The predicted molar refractivity (Wildman–Crippen MR) is 74.8 cm³/mol. The number of benzene rings is 1. The van der Waals surface area contributed by atoms with Crippen molar-refractivity contribution in [3.63, 3.8) is 0 Å². The quantitative estimate of drug-likeness (QED) is 0.885. The van der Waals surface area contributed by atoms with E-state index in [1.807, 2.05) is 26.0 Å². The minimum absolute atomic E-state index is 0.0500. The van der Waals surface area contributed by atoms with Crippen LogP contribution in [0.3, 0.4) is 0 Å². The molecule has 102 valence electrons. The van der Waals surface area contributed by atoms with E-state index < -0.39 is 0 Å². The normalized spacial score (nSPS) is 11.8. The number of oxazole rings is 1. The maximum absolute atomic E-state index is 11.9. The molecule has 1 amide bonds. The summed E-state index contributed by atoms with van der Waals surface area (Å²) >= 11 is 0. The van der Waals surface area contributed by atoms with Gasteiger partial charge in [-0.15, -0.1) is 0 Å². The largest absolute Gasteiger partial charge is 0.441 e. The standard InChI is InChI=1S/C14H19N3O2/c1-9-16-11-5-4-10(6-12(11)19-9)17-13(18)7-14(2,3)8-15/h4-6H,7-8,15H2,1-3H3,(H,17,18). The molecule has 0 fully saturated rings. The molecule has 2 aromatic rings. The molecule has 0 aliphatic rings. The number of hydrogen-bond acceptors (Lipinski definition) is 4. The second-order valence-corrected chi connectivity index (χ2v) is 5.51. The number of aryl methyl sites for hydroxylation is 1. The topological polar surface area (TPSA) is 81.2 Å². The van der Waals surface area contributed by atoms with Crippen LogP contribution >= 0.6 is 0 Å². The highest BCUT2D eigenvalue weighted by Gasteiger charge is 2.20. The van der Waals surface area contributed by atoms with Gasteiger partial charge in [0.2, 0.25) is 5.91 Å². The van der Waals surface area contributed by atoms with Crippen molar-refractivity contribution in [1.29, 1.82) is 0 Å². The summed E-state index contributed by atoms with van der Waals surface area (Å²) in [6, 6.07) is 5.43. The first-order chi connectivity index (χ1) is 8.89. The van der Waals surface area contributed by atoms with Gasteiger partial charge in [0.1, 0.15) is 5.52 Å². The number of rotatable bonds is 4. The number of nitrogens with zero attached hydrogens (tertiary/aromatic N) is 1. The molecule has 0 radical (unpaired) electrons. The van der Waals surface area contributed by atoms with Gasteiger partial charge in [-0.3, -0.25) is 4.79 Å². The van der Waals surface area contributed by atoms with E-state index in [1.54, 1.807) is 13.0 Å². The summed E-state index contributed by atoms with van der Waals surface area (Å²) in [6.45, 7) is 6.20. The minimum atomic E-state index is -0.197. The zero-order chi connectivity index (χ0) is 14.0. The van der Waals surface area contributed by atoms with Gasteiger partial charge in [-0.2, -0.15) is 0 Å². The molecular formula is C14H19N3O2. The third-order valence-corrected chi connectivity index (χ3v) is 2.97. The highest BCUT2D eigenvalue weighted by Crippen LogP contribution is 2.22. The Hall–Kier alpha value is -1.88. The summed E-state index contributed by atoms with van der Waals surface area (Å²) in [6.07, 6.45) is 0.386. The molecule has 0 aliphatic carbocycles. The number of amides is 1. The van der Waals surface area contributed by atoms with E-state index in [9.17, 15) is 4.79 Å². The third kappa shape index (κ3) is 3.32. The van der Waals surface area contributed by atoms with Crippen molar-refractivity contribution in [3.05, 3.63) is 24.1 Å². The van der Waals surface area contributed by atoms with Gasteiger partial charge in [-0.1, -0.05) is 13.8 Å². The van der Waals surface area contributed by atoms with E-state index in [1.165, 1.54) is 0 Å². The van der Waals surface area contributed by atoms with Crippen LogP contribution in [0, 0.1) is 12.3 Å². The molecule has 3 N–H and O–H groups in total. The maximum atomic E-state index is 11.9. The lowest BCUT2D eigenvalue weighted by atomic mass is 9.89. The van der Waals surface area contributed by atoms with Crippen LogP contribution < -0.4 is 11.1 Å². The SMILES string of the molecule is Cc1nc2ccc(NC(=O)CC(C)(C)CN)cc2o1. The first-order valence-electron chi connectivity index (χ1n) is 6.27. The summed E-state index contributed by atoms with van der Waals surface area (Å²) in [5.41, 5.74) is 7.60. The van der Waals surface area contributed by atoms with Crippen LogP contribution in [0.2, 0.25) is 0 Å². The van der Waals surface area contributed by atoms with E-state index in [4.69, 9.17) is 10.2 Å². The molecule has 19 heavy (non-hydrogen) atoms. The molecule has 1 aromatic heterocycles. The molecule has 0 unspecified atom stereocenters. The Morgan fingerprint density at radius 2 is 2.21 bits per heavy atom. The molecule has 0 saturated heterocycles. The number of anilines is 1. The molecule has 0 atom stereocenters. The number of hydrogen-bond donors (Lipinski definition) is 2. The van der Waals surface area contributed by atoms with E-state index >= 15 is 0 Å². The number of nitrogens with one attached hydrogen (secondary N) is 1. The first kappa shape index (κ1) is 13.5. The van der Waals surface area contributed by atoms with Crippen molar-refractivity contribution < 1.29 is 9.21 Å². The molecule has 1 heterocycles. The molecule has 0 spiro atoms. The van der Waals surface area contributed by atoms with Crippen LogP contribution in [0.15, 0.2) is 22.6 Å². The van der Waals surface area contributed by atoms with Crippen molar-refractivity contribution in [1.82, 2.24) is 4.98 Å². The van der Waals surface area contributed by atoms with Crippen molar-refractivity contribution in [3.8, 4) is 0 Å². The third-order valence-electron chi connectivity index (χ3n) is 2.97. The monoisotopic (exact) mass is 261 g/mol. The van der Waals surface area contributed by atoms with Crippen molar-refractivity contribution in [2.45, 2.75) is 27.2 Å². The Morgan fingerprint density at radius 1 is 1.47 bits per heavy atom. The lowest BCUT2D eigenvalue weighted by molar-refractivity contribution is -0.117. The highest BCUT2D eigenvalue weighted by molar-refractivity contribution is 5.93. The first-order valence-corrected chi connectivity index (χ1v) is 6.27. The zero-order valence-electron chi connectivity index (χ0n) is 11.5. The van der Waals surface area contributed by atoms with Crippen LogP contribution in [-0.4, -0.2) is 17.4 Å². The van der Waals surface area contributed by atoms with Crippen molar-refractivity contribution in [2.75, 3.05) is 11.9 Å². The smallest absolute Gasteiger partial charge is 0.224 e. The molecule has 5 heteroatoms. The fourth-order valence-electron chi connectivity index (χ4n) is 1.83. The van der Waals surface area contributed by atoms with Crippen molar-refractivity contribution in [2.24, 2.45) is 11.1 Å². The van der Waals surface area contributed by atoms with Crippen molar-refractivity contribution >= 4 is 22.7 Å². The molecule has 0 saturated carbocycles. The predicted octanol–water partition coefficient (Wildman–Crippen LogP) is 2.45. The minimum Gasteiger partial charge on any atom is -0.441 e. The van der Waals surface area contributed by atoms with Gasteiger partial charge in [0, 0.05) is 25.1 Å². The molecule has 0 bridgehead atoms. The van der Waals surface area contributed by atoms with Crippen LogP contribution in [0.25, 0.3) is 11.1 Å². The molecule has 1 aromatic carbocycles. The van der Waals surface area contributed by atoms with Gasteiger partial charge in [-0.25, -0.2) is 4.98 Å². The van der Waals surface area contributed by atoms with E-state index in [2.05, 4.69) is 10.3 Å². The molecule has 2 rings (SSSR count). The maximum Gasteiger partial charge on any atom is 0.224 e. The Balaban J connectivity index is 2.10. The second-order valence-electron chi connectivity index (χ2n) is 5.51. The number of carbonyl (C=O) groups is 1. The average molecular weight is 261 g/mol. The Labute approximate surface area is 112 Å². The number of carbonyl (C=O) groups excluding carboxylic acids is 1. The van der Waals surface area contributed by atoms with Gasteiger partial charge >= 0.3 is 0 Å². The Bertz CT molecular complexity index is 602. The van der Waals surface area contributed by atoms with Gasteiger partial charge < -0.3 is 15.5 Å².